The van der Waals surface area contributed by atoms with Crippen LogP contribution in [-0.2, 0) is 4.74 Å². The molecule has 18 heavy (non-hydrogen) atoms. The molecule has 0 bridgehead atoms. The molecule has 0 saturated carbocycles. The molecule has 1 unspecified atom stereocenters. The lowest BCUT2D eigenvalue weighted by atomic mass is 9.94. The van der Waals surface area contributed by atoms with E-state index in [1.807, 2.05) is 6.07 Å². The fourth-order valence-corrected chi connectivity index (χ4v) is 1.70. The lowest BCUT2D eigenvalue weighted by molar-refractivity contribution is 0.0108. The van der Waals surface area contributed by atoms with Crippen LogP contribution in [0.4, 0.5) is 0 Å². The van der Waals surface area contributed by atoms with Crippen LogP contribution in [0.1, 0.15) is 46.3 Å². The van der Waals surface area contributed by atoms with Crippen molar-refractivity contribution in [1.29, 1.82) is 0 Å². The summed E-state index contributed by atoms with van der Waals surface area (Å²) in [6.45, 7) is 12.7. The molecule has 1 aromatic carbocycles. The summed E-state index contributed by atoms with van der Waals surface area (Å²) in [4.78, 5) is 0. The largest absolute Gasteiger partial charge is 0.373 e. The molecule has 0 aliphatic heterocycles. The van der Waals surface area contributed by atoms with Crippen LogP contribution in [0.15, 0.2) is 30.3 Å². The Balaban J connectivity index is 2.39. The number of hydrogen-bond acceptors (Lipinski definition) is 2. The van der Waals surface area contributed by atoms with Crippen molar-refractivity contribution in [2.75, 3.05) is 13.2 Å². The molecule has 1 aromatic rings. The van der Waals surface area contributed by atoms with Gasteiger partial charge in [0.15, 0.2) is 0 Å². The molecule has 1 rings (SSSR count). The van der Waals surface area contributed by atoms with Crippen molar-refractivity contribution < 1.29 is 4.74 Å². The normalized spacial score (nSPS) is 13.9. The Kier molecular flexibility index (Phi) is 5.83. The zero-order valence-corrected chi connectivity index (χ0v) is 12.4. The van der Waals surface area contributed by atoms with E-state index in [1.54, 1.807) is 0 Å². The molecule has 0 fully saturated rings. The van der Waals surface area contributed by atoms with Crippen molar-refractivity contribution in [2.24, 2.45) is 5.41 Å². The first-order chi connectivity index (χ1) is 8.41. The molecular weight excluding hydrogens is 222 g/mol. The zero-order chi connectivity index (χ0) is 13.6. The predicted molar refractivity (Wildman–Crippen MR) is 77.7 cm³/mol. The molecule has 0 heterocycles. The predicted octanol–water partition coefficient (Wildman–Crippen LogP) is 3.79. The van der Waals surface area contributed by atoms with Gasteiger partial charge >= 0.3 is 0 Å². The van der Waals surface area contributed by atoms with Crippen LogP contribution in [0.2, 0.25) is 0 Å². The van der Waals surface area contributed by atoms with Crippen molar-refractivity contribution >= 4 is 0 Å². The van der Waals surface area contributed by atoms with Crippen LogP contribution in [0.3, 0.4) is 0 Å². The summed E-state index contributed by atoms with van der Waals surface area (Å²) in [6, 6.07) is 10.9. The van der Waals surface area contributed by atoms with Crippen LogP contribution < -0.4 is 5.32 Å². The van der Waals surface area contributed by atoms with Gasteiger partial charge in [0.05, 0.1) is 12.7 Å². The highest BCUT2D eigenvalue weighted by Crippen LogP contribution is 2.21. The van der Waals surface area contributed by atoms with Crippen LogP contribution in [-0.4, -0.2) is 19.2 Å². The van der Waals surface area contributed by atoms with E-state index in [1.165, 1.54) is 5.56 Å². The Morgan fingerprint density at radius 3 is 2.28 bits per heavy atom. The molecule has 0 aromatic heterocycles. The Morgan fingerprint density at radius 2 is 1.72 bits per heavy atom. The van der Waals surface area contributed by atoms with Gasteiger partial charge in [-0.3, -0.25) is 0 Å². The molecule has 2 heteroatoms. The van der Waals surface area contributed by atoms with E-state index in [-0.39, 0.29) is 11.5 Å². The minimum atomic E-state index is 0.157. The smallest absolute Gasteiger partial charge is 0.0797 e. The lowest BCUT2D eigenvalue weighted by Crippen LogP contribution is -2.36. The Labute approximate surface area is 112 Å². The standard InChI is InChI=1S/C16H27NO/c1-13(2)17-11-16(4,5)12-18-14(3)15-9-7-6-8-10-15/h6-10,13-14,17H,11-12H2,1-5H3. The quantitative estimate of drug-likeness (QED) is 0.794. The van der Waals surface area contributed by atoms with Gasteiger partial charge in [-0.05, 0) is 12.5 Å². The second-order valence-electron chi connectivity index (χ2n) is 6.06. The third kappa shape index (κ3) is 5.65. The summed E-state index contributed by atoms with van der Waals surface area (Å²) in [5.41, 5.74) is 1.40. The van der Waals surface area contributed by atoms with Crippen molar-refractivity contribution in [3.8, 4) is 0 Å². The first-order valence-electron chi connectivity index (χ1n) is 6.81. The maximum Gasteiger partial charge on any atom is 0.0797 e. The molecule has 1 atom stereocenters. The van der Waals surface area contributed by atoms with Crippen molar-refractivity contribution in [2.45, 2.75) is 46.8 Å². The molecule has 0 spiro atoms. The molecule has 0 amide bonds. The highest BCUT2D eigenvalue weighted by atomic mass is 16.5. The fourth-order valence-electron chi connectivity index (χ4n) is 1.70. The van der Waals surface area contributed by atoms with Gasteiger partial charge in [0, 0.05) is 18.0 Å². The van der Waals surface area contributed by atoms with Gasteiger partial charge in [0.2, 0.25) is 0 Å². The summed E-state index contributed by atoms with van der Waals surface area (Å²) < 4.78 is 5.99. The zero-order valence-electron chi connectivity index (χ0n) is 12.4. The van der Waals surface area contributed by atoms with Crippen LogP contribution in [0.25, 0.3) is 0 Å². The number of hydrogen-bond donors (Lipinski definition) is 1. The molecule has 1 N–H and O–H groups in total. The van der Waals surface area contributed by atoms with E-state index >= 15 is 0 Å². The average Bonchev–Trinajstić information content (AvgIpc) is 2.35. The van der Waals surface area contributed by atoms with Crippen LogP contribution >= 0.6 is 0 Å². The Bertz CT molecular complexity index is 332. The number of nitrogens with one attached hydrogen (secondary N) is 1. The number of benzene rings is 1. The van der Waals surface area contributed by atoms with Gasteiger partial charge in [-0.25, -0.2) is 0 Å². The fraction of sp³-hybridized carbons (Fsp3) is 0.625. The van der Waals surface area contributed by atoms with Gasteiger partial charge < -0.3 is 10.1 Å². The van der Waals surface area contributed by atoms with Crippen LogP contribution in [0.5, 0.6) is 0 Å². The van der Waals surface area contributed by atoms with Gasteiger partial charge in [-0.15, -0.1) is 0 Å². The first-order valence-corrected chi connectivity index (χ1v) is 6.81. The SMILES string of the molecule is CC(C)NCC(C)(C)COC(C)c1ccccc1. The van der Waals surface area contributed by atoms with E-state index in [4.69, 9.17) is 4.74 Å². The average molecular weight is 249 g/mol. The Hall–Kier alpha value is -0.860. The molecule has 0 aliphatic carbocycles. The van der Waals surface area contributed by atoms with Crippen LogP contribution in [0, 0.1) is 5.41 Å². The molecule has 0 saturated heterocycles. The second kappa shape index (κ2) is 6.91. The Morgan fingerprint density at radius 1 is 1.11 bits per heavy atom. The number of rotatable bonds is 7. The molecule has 102 valence electrons. The summed E-state index contributed by atoms with van der Waals surface area (Å²) >= 11 is 0. The first kappa shape index (κ1) is 15.2. The maximum atomic E-state index is 5.99. The van der Waals surface area contributed by atoms with E-state index in [0.29, 0.717) is 6.04 Å². The van der Waals surface area contributed by atoms with Gasteiger partial charge in [-0.2, -0.15) is 0 Å². The van der Waals surface area contributed by atoms with Crippen molar-refractivity contribution in [3.05, 3.63) is 35.9 Å². The number of ether oxygens (including phenoxy) is 1. The van der Waals surface area contributed by atoms with E-state index in [2.05, 4.69) is 64.2 Å². The van der Waals surface area contributed by atoms with Crippen molar-refractivity contribution in [3.63, 3.8) is 0 Å². The van der Waals surface area contributed by atoms with Gasteiger partial charge in [0.1, 0.15) is 0 Å². The third-order valence-electron chi connectivity index (χ3n) is 2.98. The summed E-state index contributed by atoms with van der Waals surface area (Å²) in [5, 5.41) is 3.47. The maximum absolute atomic E-state index is 5.99. The monoisotopic (exact) mass is 249 g/mol. The third-order valence-corrected chi connectivity index (χ3v) is 2.98. The van der Waals surface area contributed by atoms with Gasteiger partial charge in [0.25, 0.3) is 0 Å². The molecule has 2 nitrogen and oxygen atoms in total. The van der Waals surface area contributed by atoms with Gasteiger partial charge in [-0.1, -0.05) is 58.0 Å². The summed E-state index contributed by atoms with van der Waals surface area (Å²) in [5.74, 6) is 0. The lowest BCUT2D eigenvalue weighted by Gasteiger charge is -2.28. The highest BCUT2D eigenvalue weighted by Gasteiger charge is 2.20. The topological polar surface area (TPSA) is 21.3 Å². The molecule has 0 radical (unpaired) electrons. The minimum absolute atomic E-state index is 0.157. The van der Waals surface area contributed by atoms with Crippen molar-refractivity contribution in [1.82, 2.24) is 5.32 Å². The van der Waals surface area contributed by atoms with E-state index in [0.717, 1.165) is 13.2 Å². The van der Waals surface area contributed by atoms with E-state index < -0.39 is 0 Å². The summed E-state index contributed by atoms with van der Waals surface area (Å²) in [7, 11) is 0. The van der Waals surface area contributed by atoms with E-state index in [9.17, 15) is 0 Å². The molecular formula is C16H27NO. The molecule has 0 aliphatic rings. The second-order valence-corrected chi connectivity index (χ2v) is 6.06. The minimum Gasteiger partial charge on any atom is -0.373 e. The highest BCUT2D eigenvalue weighted by molar-refractivity contribution is 5.16. The summed E-state index contributed by atoms with van der Waals surface area (Å²) in [6.07, 6.45) is 0.157.